The van der Waals surface area contributed by atoms with Gasteiger partial charge in [-0.05, 0) is 50.2 Å². The highest BCUT2D eigenvalue weighted by molar-refractivity contribution is 9.10. The smallest absolute Gasteiger partial charge is 0.242 e. The summed E-state index contributed by atoms with van der Waals surface area (Å²) in [6.45, 7) is 3.50. The van der Waals surface area contributed by atoms with Crippen molar-refractivity contribution in [3.63, 3.8) is 0 Å². The number of benzene rings is 1. The maximum atomic E-state index is 12.2. The zero-order valence-electron chi connectivity index (χ0n) is 16.2. The molecule has 1 aliphatic heterocycles. The molecule has 1 fully saturated rings. The van der Waals surface area contributed by atoms with Crippen LogP contribution in [-0.4, -0.2) is 38.9 Å². The Balaban J connectivity index is 1.25. The van der Waals surface area contributed by atoms with Crippen LogP contribution in [0.15, 0.2) is 51.5 Å². The second-order valence-corrected chi connectivity index (χ2v) is 8.21. The fraction of sp³-hybridized carbons (Fsp3) is 0.381. The molecular weight excluding hydrogens is 434 g/mol. The average Bonchev–Trinajstić information content (AvgIpc) is 3.37. The highest BCUT2D eigenvalue weighted by Gasteiger charge is 2.13. The monoisotopic (exact) mass is 457 g/mol. The van der Waals surface area contributed by atoms with Crippen molar-refractivity contribution in [2.75, 3.05) is 13.1 Å². The van der Waals surface area contributed by atoms with Gasteiger partial charge in [-0.1, -0.05) is 39.7 Å². The van der Waals surface area contributed by atoms with Crippen molar-refractivity contribution < 1.29 is 9.21 Å². The van der Waals surface area contributed by atoms with Crippen LogP contribution in [0.1, 0.15) is 30.7 Å². The van der Waals surface area contributed by atoms with Crippen LogP contribution in [0, 0.1) is 0 Å². The molecule has 1 saturated heterocycles. The summed E-state index contributed by atoms with van der Waals surface area (Å²) < 4.78 is 8.44. The lowest BCUT2D eigenvalue weighted by Crippen LogP contribution is -2.29. The summed E-state index contributed by atoms with van der Waals surface area (Å²) in [6.07, 6.45) is 5.65. The van der Waals surface area contributed by atoms with Crippen LogP contribution in [0.4, 0.5) is 0 Å². The molecule has 0 radical (unpaired) electrons. The minimum atomic E-state index is -0.124. The van der Waals surface area contributed by atoms with E-state index in [2.05, 4.69) is 36.5 Å². The SMILES string of the molecule is O=C(Cn1cc(CN2CCCCC2)nn1)NCc1ccc(-c2ccc(Br)cc2)o1. The molecule has 3 heterocycles. The van der Waals surface area contributed by atoms with Crippen LogP contribution in [0.25, 0.3) is 11.3 Å². The number of amides is 1. The van der Waals surface area contributed by atoms with Gasteiger partial charge >= 0.3 is 0 Å². The van der Waals surface area contributed by atoms with Crippen LogP contribution in [0.2, 0.25) is 0 Å². The quantitative estimate of drug-likeness (QED) is 0.586. The van der Waals surface area contributed by atoms with Crippen LogP contribution in [0.3, 0.4) is 0 Å². The van der Waals surface area contributed by atoms with Gasteiger partial charge in [-0.2, -0.15) is 0 Å². The van der Waals surface area contributed by atoms with Gasteiger partial charge in [-0.25, -0.2) is 4.68 Å². The number of nitrogens with zero attached hydrogens (tertiary/aromatic N) is 4. The fourth-order valence-corrected chi connectivity index (χ4v) is 3.73. The van der Waals surface area contributed by atoms with Gasteiger partial charge in [0.1, 0.15) is 18.1 Å². The summed E-state index contributed by atoms with van der Waals surface area (Å²) in [5, 5.41) is 11.1. The van der Waals surface area contributed by atoms with E-state index in [0.29, 0.717) is 12.3 Å². The van der Waals surface area contributed by atoms with Gasteiger partial charge in [-0.15, -0.1) is 5.10 Å². The molecule has 1 aromatic carbocycles. The number of rotatable bonds is 7. The average molecular weight is 458 g/mol. The Bertz CT molecular complexity index is 944. The molecular formula is C21H24BrN5O2. The standard InChI is InChI=1S/C21H24BrN5O2/c22-17-6-4-16(5-7-17)20-9-8-19(29-20)12-23-21(28)15-27-14-18(24-25-27)13-26-10-2-1-3-11-26/h4-9,14H,1-3,10-13,15H2,(H,23,28). The molecule has 3 aromatic rings. The Morgan fingerprint density at radius 2 is 1.90 bits per heavy atom. The molecule has 0 bridgehead atoms. The Kier molecular flexibility index (Phi) is 6.41. The van der Waals surface area contributed by atoms with Gasteiger partial charge in [0.05, 0.1) is 18.4 Å². The van der Waals surface area contributed by atoms with Gasteiger partial charge in [-0.3, -0.25) is 9.69 Å². The third-order valence-electron chi connectivity index (χ3n) is 4.98. The Labute approximate surface area is 178 Å². The fourth-order valence-electron chi connectivity index (χ4n) is 3.47. The number of carbonyl (C=O) groups is 1. The number of piperidine rings is 1. The first-order valence-corrected chi connectivity index (χ1v) is 10.7. The lowest BCUT2D eigenvalue weighted by molar-refractivity contribution is -0.122. The third kappa shape index (κ3) is 5.55. The molecule has 0 unspecified atom stereocenters. The molecule has 1 aliphatic rings. The Morgan fingerprint density at radius 3 is 2.69 bits per heavy atom. The zero-order chi connectivity index (χ0) is 20.1. The van der Waals surface area contributed by atoms with Gasteiger partial charge < -0.3 is 9.73 Å². The molecule has 2 aromatic heterocycles. The topological polar surface area (TPSA) is 76.2 Å². The normalized spacial score (nSPS) is 14.8. The van der Waals surface area contributed by atoms with E-state index in [4.69, 9.17) is 4.42 Å². The van der Waals surface area contributed by atoms with Crippen molar-refractivity contribution in [1.29, 1.82) is 0 Å². The number of nitrogens with one attached hydrogen (secondary N) is 1. The molecule has 8 heteroatoms. The highest BCUT2D eigenvalue weighted by atomic mass is 79.9. The van der Waals surface area contributed by atoms with Crippen molar-refractivity contribution >= 4 is 21.8 Å². The minimum absolute atomic E-state index is 0.124. The Morgan fingerprint density at radius 1 is 1.10 bits per heavy atom. The lowest BCUT2D eigenvalue weighted by Gasteiger charge is -2.25. The predicted molar refractivity (Wildman–Crippen MR) is 113 cm³/mol. The van der Waals surface area contributed by atoms with Gasteiger partial charge in [0.2, 0.25) is 5.91 Å². The molecule has 7 nitrogen and oxygen atoms in total. The van der Waals surface area contributed by atoms with Crippen molar-refractivity contribution in [3.05, 3.63) is 58.5 Å². The molecule has 0 spiro atoms. The van der Waals surface area contributed by atoms with E-state index >= 15 is 0 Å². The van der Waals surface area contributed by atoms with E-state index < -0.39 is 0 Å². The summed E-state index contributed by atoms with van der Waals surface area (Å²) in [6, 6.07) is 11.7. The summed E-state index contributed by atoms with van der Waals surface area (Å²) in [7, 11) is 0. The summed E-state index contributed by atoms with van der Waals surface area (Å²) in [5.74, 6) is 1.36. The number of hydrogen-bond acceptors (Lipinski definition) is 5. The minimum Gasteiger partial charge on any atom is -0.459 e. The molecule has 0 atom stereocenters. The Hall–Kier alpha value is -2.45. The van der Waals surface area contributed by atoms with Crippen molar-refractivity contribution in [1.82, 2.24) is 25.2 Å². The highest BCUT2D eigenvalue weighted by Crippen LogP contribution is 2.23. The largest absolute Gasteiger partial charge is 0.459 e. The van der Waals surface area contributed by atoms with Crippen molar-refractivity contribution in [3.8, 4) is 11.3 Å². The number of carbonyl (C=O) groups excluding carboxylic acids is 1. The van der Waals surface area contributed by atoms with E-state index in [0.717, 1.165) is 41.1 Å². The van der Waals surface area contributed by atoms with E-state index in [9.17, 15) is 4.79 Å². The summed E-state index contributed by atoms with van der Waals surface area (Å²) in [4.78, 5) is 14.6. The van der Waals surface area contributed by atoms with Crippen molar-refractivity contribution in [2.24, 2.45) is 0 Å². The molecule has 0 aliphatic carbocycles. The third-order valence-corrected chi connectivity index (χ3v) is 5.50. The molecule has 0 saturated carbocycles. The van der Waals surface area contributed by atoms with Crippen LogP contribution in [-0.2, 0) is 24.4 Å². The van der Waals surface area contributed by atoms with E-state index in [1.54, 1.807) is 4.68 Å². The summed E-state index contributed by atoms with van der Waals surface area (Å²) >= 11 is 3.43. The number of furan rings is 1. The molecule has 152 valence electrons. The molecule has 1 N–H and O–H groups in total. The van der Waals surface area contributed by atoms with Gasteiger partial charge in [0.25, 0.3) is 0 Å². The number of halogens is 1. The summed E-state index contributed by atoms with van der Waals surface area (Å²) in [5.41, 5.74) is 1.90. The maximum Gasteiger partial charge on any atom is 0.242 e. The van der Waals surface area contributed by atoms with Crippen LogP contribution < -0.4 is 5.32 Å². The van der Waals surface area contributed by atoms with E-state index in [1.165, 1.54) is 19.3 Å². The lowest BCUT2D eigenvalue weighted by atomic mass is 10.1. The predicted octanol–water partition coefficient (Wildman–Crippen LogP) is 3.60. The van der Waals surface area contributed by atoms with E-state index in [-0.39, 0.29) is 12.5 Å². The second-order valence-electron chi connectivity index (χ2n) is 7.29. The van der Waals surface area contributed by atoms with Gasteiger partial charge in [0.15, 0.2) is 0 Å². The van der Waals surface area contributed by atoms with Crippen molar-refractivity contribution in [2.45, 2.75) is 38.9 Å². The first-order chi connectivity index (χ1) is 14.2. The first-order valence-electron chi connectivity index (χ1n) is 9.88. The zero-order valence-corrected chi connectivity index (χ0v) is 17.8. The van der Waals surface area contributed by atoms with Crippen LogP contribution in [0.5, 0.6) is 0 Å². The number of hydrogen-bond donors (Lipinski definition) is 1. The number of aromatic nitrogens is 3. The first kappa shape index (κ1) is 19.8. The second kappa shape index (κ2) is 9.37. The van der Waals surface area contributed by atoms with Crippen LogP contribution >= 0.6 is 15.9 Å². The maximum absolute atomic E-state index is 12.2. The van der Waals surface area contributed by atoms with E-state index in [1.807, 2.05) is 42.6 Å². The van der Waals surface area contributed by atoms with Gasteiger partial charge in [0, 0.05) is 16.6 Å². The molecule has 4 rings (SSSR count). The molecule has 1 amide bonds. The number of likely N-dealkylation sites (tertiary alicyclic amines) is 1. The molecule has 29 heavy (non-hydrogen) atoms.